The second-order valence-corrected chi connectivity index (χ2v) is 9.15. The standard InChI is InChI=1S/C23H31ClN6O3/c1-14(2)25-12-18(16-4-6-17(24)7-5-16)22(31)30-10-8-29(9-11-30)21-19-15(3)33-23(32)28-20(19)26-13-27-21/h4-7,13-15,18,23,25,32H,8-12H2,1-3H3,(H,26,27,28)/t15?,18-,23?/m1/s1. The second kappa shape index (κ2) is 10.2. The molecule has 1 fully saturated rings. The number of carbonyl (C=O) groups is 1. The number of amides is 1. The van der Waals surface area contributed by atoms with Gasteiger partial charge in [0.05, 0.1) is 17.6 Å². The van der Waals surface area contributed by atoms with E-state index in [1.807, 2.05) is 36.1 Å². The van der Waals surface area contributed by atoms with E-state index in [-0.39, 0.29) is 24.0 Å². The van der Waals surface area contributed by atoms with Crippen molar-refractivity contribution in [2.75, 3.05) is 42.9 Å². The molecule has 9 nitrogen and oxygen atoms in total. The quantitative estimate of drug-likeness (QED) is 0.586. The zero-order valence-corrected chi connectivity index (χ0v) is 19.9. The number of piperazine rings is 1. The number of halogens is 1. The van der Waals surface area contributed by atoms with E-state index in [1.54, 1.807) is 0 Å². The first-order valence-electron chi connectivity index (χ1n) is 11.3. The number of nitrogens with zero attached hydrogens (tertiary/aromatic N) is 4. The third-order valence-electron chi connectivity index (χ3n) is 6.05. The summed E-state index contributed by atoms with van der Waals surface area (Å²) in [6.07, 6.45) is 0.0508. The molecule has 0 radical (unpaired) electrons. The van der Waals surface area contributed by atoms with Gasteiger partial charge >= 0.3 is 0 Å². The average molecular weight is 475 g/mol. The molecule has 10 heteroatoms. The highest BCUT2D eigenvalue weighted by molar-refractivity contribution is 6.30. The Balaban J connectivity index is 1.47. The Labute approximate surface area is 199 Å². The van der Waals surface area contributed by atoms with Crippen LogP contribution in [-0.2, 0) is 9.53 Å². The number of anilines is 2. The van der Waals surface area contributed by atoms with Crippen LogP contribution in [0.1, 0.15) is 43.9 Å². The van der Waals surface area contributed by atoms with E-state index in [0.717, 1.165) is 16.9 Å². The van der Waals surface area contributed by atoms with E-state index >= 15 is 0 Å². The lowest BCUT2D eigenvalue weighted by molar-refractivity contribution is -0.133. The molecule has 1 amide bonds. The fourth-order valence-electron chi connectivity index (χ4n) is 4.30. The van der Waals surface area contributed by atoms with Crippen molar-refractivity contribution in [3.63, 3.8) is 0 Å². The molecule has 2 aromatic rings. The number of ether oxygens (including phenoxy) is 1. The van der Waals surface area contributed by atoms with E-state index in [2.05, 4.69) is 39.3 Å². The largest absolute Gasteiger partial charge is 0.353 e. The van der Waals surface area contributed by atoms with Crippen molar-refractivity contribution >= 4 is 29.1 Å². The Hall–Kier alpha value is -2.46. The van der Waals surface area contributed by atoms with Crippen molar-refractivity contribution in [1.29, 1.82) is 0 Å². The van der Waals surface area contributed by atoms with Crippen molar-refractivity contribution in [1.82, 2.24) is 20.2 Å². The van der Waals surface area contributed by atoms with Gasteiger partial charge in [0.1, 0.15) is 18.0 Å². The van der Waals surface area contributed by atoms with E-state index in [4.69, 9.17) is 16.3 Å². The highest BCUT2D eigenvalue weighted by Crippen LogP contribution is 2.36. The first-order chi connectivity index (χ1) is 15.8. The van der Waals surface area contributed by atoms with Crippen LogP contribution < -0.4 is 15.5 Å². The van der Waals surface area contributed by atoms with Crippen LogP contribution >= 0.6 is 11.6 Å². The molecule has 1 aromatic heterocycles. The molecule has 4 rings (SSSR count). The maximum absolute atomic E-state index is 13.5. The van der Waals surface area contributed by atoms with E-state index in [9.17, 15) is 9.90 Å². The molecule has 1 aromatic carbocycles. The van der Waals surface area contributed by atoms with Gasteiger partial charge < -0.3 is 30.3 Å². The Morgan fingerprint density at radius 1 is 1.24 bits per heavy atom. The molecule has 178 valence electrons. The number of aliphatic hydroxyl groups is 1. The number of rotatable bonds is 6. The van der Waals surface area contributed by atoms with Gasteiger partial charge in [-0.25, -0.2) is 9.97 Å². The summed E-state index contributed by atoms with van der Waals surface area (Å²) >= 11 is 6.06. The SMILES string of the molecule is CC(C)NC[C@@H](C(=O)N1CCN(c2ncnc3c2C(C)OC(O)N3)CC1)c1ccc(Cl)cc1. The first kappa shape index (κ1) is 23.7. The molecule has 3 atom stereocenters. The smallest absolute Gasteiger partial charge is 0.237 e. The maximum atomic E-state index is 13.5. The van der Waals surface area contributed by atoms with Crippen molar-refractivity contribution in [2.45, 2.75) is 45.2 Å². The highest BCUT2D eigenvalue weighted by Gasteiger charge is 2.33. The van der Waals surface area contributed by atoms with Crippen LogP contribution in [0.3, 0.4) is 0 Å². The molecule has 0 saturated carbocycles. The van der Waals surface area contributed by atoms with Gasteiger partial charge in [-0.05, 0) is 24.6 Å². The van der Waals surface area contributed by atoms with E-state index in [1.165, 1.54) is 6.33 Å². The number of carbonyl (C=O) groups excluding carboxylic acids is 1. The molecule has 0 aliphatic carbocycles. The van der Waals surface area contributed by atoms with Crippen molar-refractivity contribution in [3.8, 4) is 0 Å². The van der Waals surface area contributed by atoms with Crippen LogP contribution in [0, 0.1) is 0 Å². The molecule has 3 N–H and O–H groups in total. The van der Waals surface area contributed by atoms with Crippen LogP contribution in [0.2, 0.25) is 5.02 Å². The van der Waals surface area contributed by atoms with Gasteiger partial charge in [0.25, 0.3) is 0 Å². The summed E-state index contributed by atoms with van der Waals surface area (Å²) in [7, 11) is 0. The molecule has 2 aliphatic heterocycles. The van der Waals surface area contributed by atoms with Crippen molar-refractivity contribution in [2.24, 2.45) is 0 Å². The van der Waals surface area contributed by atoms with E-state index < -0.39 is 6.41 Å². The van der Waals surface area contributed by atoms with Crippen molar-refractivity contribution in [3.05, 3.63) is 46.7 Å². The number of hydrogen-bond donors (Lipinski definition) is 3. The minimum atomic E-state index is -1.09. The van der Waals surface area contributed by atoms with Gasteiger partial charge in [-0.1, -0.05) is 37.6 Å². The second-order valence-electron chi connectivity index (χ2n) is 8.71. The van der Waals surface area contributed by atoms with Gasteiger partial charge in [-0.2, -0.15) is 0 Å². The Bertz CT molecular complexity index is 965. The summed E-state index contributed by atoms with van der Waals surface area (Å²) in [5, 5.41) is 16.7. The summed E-state index contributed by atoms with van der Waals surface area (Å²) < 4.78 is 5.50. The molecule has 0 spiro atoms. The lowest BCUT2D eigenvalue weighted by Gasteiger charge is -2.39. The Morgan fingerprint density at radius 3 is 2.61 bits per heavy atom. The molecule has 2 aliphatic rings. The third-order valence-corrected chi connectivity index (χ3v) is 6.31. The number of nitrogens with one attached hydrogen (secondary N) is 2. The zero-order valence-electron chi connectivity index (χ0n) is 19.2. The summed E-state index contributed by atoms with van der Waals surface area (Å²) in [6, 6.07) is 7.80. The Morgan fingerprint density at radius 2 is 1.94 bits per heavy atom. The molecule has 3 heterocycles. The topological polar surface area (TPSA) is 103 Å². The summed E-state index contributed by atoms with van der Waals surface area (Å²) in [5.74, 6) is 1.18. The number of hydrogen-bond acceptors (Lipinski definition) is 8. The predicted molar refractivity (Wildman–Crippen MR) is 127 cm³/mol. The number of aromatic nitrogens is 2. The minimum Gasteiger partial charge on any atom is -0.353 e. The minimum absolute atomic E-state index is 0.108. The molecular weight excluding hydrogens is 444 g/mol. The lowest BCUT2D eigenvalue weighted by atomic mass is 9.96. The molecule has 33 heavy (non-hydrogen) atoms. The monoisotopic (exact) mass is 474 g/mol. The summed E-state index contributed by atoms with van der Waals surface area (Å²) in [4.78, 5) is 26.3. The van der Waals surface area contributed by atoms with Crippen LogP contribution in [0.4, 0.5) is 11.6 Å². The fraction of sp³-hybridized carbons (Fsp3) is 0.522. The van der Waals surface area contributed by atoms with Gasteiger partial charge in [-0.3, -0.25) is 4.79 Å². The van der Waals surface area contributed by atoms with Gasteiger partial charge in [0, 0.05) is 43.8 Å². The van der Waals surface area contributed by atoms with E-state index in [0.29, 0.717) is 43.6 Å². The summed E-state index contributed by atoms with van der Waals surface area (Å²) in [6.45, 7) is 9.06. The predicted octanol–water partition coefficient (Wildman–Crippen LogP) is 2.34. The normalized spacial score (nSPS) is 21.5. The average Bonchev–Trinajstić information content (AvgIpc) is 2.79. The van der Waals surface area contributed by atoms with Crippen LogP contribution in [-0.4, -0.2) is 71.1 Å². The first-order valence-corrected chi connectivity index (χ1v) is 11.7. The molecule has 2 unspecified atom stereocenters. The lowest BCUT2D eigenvalue weighted by Crippen LogP contribution is -2.51. The summed E-state index contributed by atoms with van der Waals surface area (Å²) in [5.41, 5.74) is 1.78. The number of aliphatic hydroxyl groups excluding tert-OH is 1. The number of fused-ring (bicyclic) bond motifs is 1. The van der Waals surface area contributed by atoms with Crippen LogP contribution in [0.25, 0.3) is 0 Å². The zero-order chi connectivity index (χ0) is 23.5. The van der Waals surface area contributed by atoms with Gasteiger partial charge in [0.15, 0.2) is 0 Å². The molecule has 0 bridgehead atoms. The maximum Gasteiger partial charge on any atom is 0.237 e. The van der Waals surface area contributed by atoms with Gasteiger partial charge in [-0.15, -0.1) is 0 Å². The highest BCUT2D eigenvalue weighted by atomic mass is 35.5. The van der Waals surface area contributed by atoms with Crippen molar-refractivity contribution < 1.29 is 14.6 Å². The molecule has 1 saturated heterocycles. The fourth-order valence-corrected chi connectivity index (χ4v) is 4.42. The molecular formula is C23H31ClN6O3. The van der Waals surface area contributed by atoms with Gasteiger partial charge in [0.2, 0.25) is 12.3 Å². The number of benzene rings is 1. The van der Waals surface area contributed by atoms with Crippen LogP contribution in [0.15, 0.2) is 30.6 Å². The third kappa shape index (κ3) is 5.38. The Kier molecular flexibility index (Phi) is 7.33. The van der Waals surface area contributed by atoms with Crippen LogP contribution in [0.5, 0.6) is 0 Å².